The van der Waals surface area contributed by atoms with Crippen LogP contribution >= 0.6 is 0 Å². The maximum atomic E-state index is 10.9. The molecule has 19 heavy (non-hydrogen) atoms. The van der Waals surface area contributed by atoms with Crippen molar-refractivity contribution < 1.29 is 14.1 Å². The summed E-state index contributed by atoms with van der Waals surface area (Å²) in [5.74, 6) is 1.41. The lowest BCUT2D eigenvalue weighted by Crippen LogP contribution is -2.06. The predicted molar refractivity (Wildman–Crippen MR) is 70.6 cm³/mol. The van der Waals surface area contributed by atoms with Gasteiger partial charge in [-0.3, -0.25) is 10.1 Å². The number of nitrogens with zero attached hydrogens (tertiary/aromatic N) is 1. The van der Waals surface area contributed by atoms with E-state index in [2.05, 4.69) is 5.32 Å². The van der Waals surface area contributed by atoms with Crippen molar-refractivity contribution in [1.82, 2.24) is 0 Å². The molecule has 0 aliphatic heterocycles. The van der Waals surface area contributed by atoms with Crippen LogP contribution < -0.4 is 10.1 Å². The third-order valence-corrected chi connectivity index (χ3v) is 2.67. The fraction of sp³-hybridized carbons (Fsp3) is 0.231. The van der Waals surface area contributed by atoms with Crippen molar-refractivity contribution >= 4 is 11.4 Å². The first-order chi connectivity index (χ1) is 9.20. The van der Waals surface area contributed by atoms with Crippen LogP contribution in [-0.4, -0.2) is 18.6 Å². The summed E-state index contributed by atoms with van der Waals surface area (Å²) in [6.07, 6.45) is 2.25. The maximum absolute atomic E-state index is 10.9. The number of benzene rings is 1. The van der Waals surface area contributed by atoms with E-state index in [1.54, 1.807) is 18.4 Å². The summed E-state index contributed by atoms with van der Waals surface area (Å²) in [5.41, 5.74) is 0.469. The molecule has 0 atom stereocenters. The number of hydrogen-bond donors (Lipinski definition) is 1. The van der Waals surface area contributed by atoms with Gasteiger partial charge in [0.15, 0.2) is 0 Å². The topological polar surface area (TPSA) is 77.5 Å². The number of hydrogen-bond acceptors (Lipinski definition) is 5. The molecular weight excluding hydrogens is 248 g/mol. The van der Waals surface area contributed by atoms with E-state index in [9.17, 15) is 10.1 Å². The molecule has 0 spiro atoms. The Labute approximate surface area is 110 Å². The number of nitrogens with one attached hydrogen (secondary N) is 1. The zero-order valence-electron chi connectivity index (χ0n) is 10.5. The number of nitro groups is 1. The molecule has 0 radical (unpaired) electrons. The molecule has 1 N–H and O–H groups in total. The summed E-state index contributed by atoms with van der Waals surface area (Å²) < 4.78 is 10.3. The zero-order chi connectivity index (χ0) is 13.7. The van der Waals surface area contributed by atoms with E-state index in [0.717, 1.165) is 5.76 Å². The SMILES string of the molecule is COc1ccc([N+](=O)[O-])c(NCCc2ccco2)c1. The lowest BCUT2D eigenvalue weighted by molar-refractivity contribution is -0.384. The Balaban J connectivity index is 2.06. The predicted octanol–water partition coefficient (Wildman–Crippen LogP) is 2.85. The largest absolute Gasteiger partial charge is 0.497 e. The minimum atomic E-state index is -0.422. The molecule has 0 unspecified atom stereocenters. The quantitative estimate of drug-likeness (QED) is 0.639. The molecule has 0 amide bonds. The molecule has 100 valence electrons. The van der Waals surface area contributed by atoms with Crippen molar-refractivity contribution in [3.05, 3.63) is 52.5 Å². The van der Waals surface area contributed by atoms with Crippen LogP contribution in [0.1, 0.15) is 5.76 Å². The second-order valence-electron chi connectivity index (χ2n) is 3.90. The van der Waals surface area contributed by atoms with Gasteiger partial charge in [0.25, 0.3) is 5.69 Å². The van der Waals surface area contributed by atoms with Gasteiger partial charge in [0.05, 0.1) is 18.3 Å². The molecule has 0 saturated heterocycles. The van der Waals surface area contributed by atoms with Gasteiger partial charge in [-0.2, -0.15) is 0 Å². The molecule has 0 aliphatic carbocycles. The van der Waals surface area contributed by atoms with Crippen LogP contribution in [-0.2, 0) is 6.42 Å². The van der Waals surface area contributed by atoms with Crippen LogP contribution in [0.2, 0.25) is 0 Å². The average Bonchev–Trinajstić information content (AvgIpc) is 2.91. The lowest BCUT2D eigenvalue weighted by atomic mass is 10.2. The molecule has 6 heteroatoms. The Morgan fingerprint density at radius 3 is 2.89 bits per heavy atom. The number of ether oxygens (including phenoxy) is 1. The number of nitro benzene ring substituents is 1. The highest BCUT2D eigenvalue weighted by atomic mass is 16.6. The average molecular weight is 262 g/mol. The standard InChI is InChI=1S/C13H14N2O4/c1-18-11-4-5-13(15(16)17)12(9-11)14-7-6-10-3-2-8-19-10/h2-5,8-9,14H,6-7H2,1H3. The Hall–Kier alpha value is -2.50. The highest BCUT2D eigenvalue weighted by molar-refractivity contribution is 5.64. The van der Waals surface area contributed by atoms with E-state index in [0.29, 0.717) is 24.4 Å². The number of furan rings is 1. The molecular formula is C13H14N2O4. The smallest absolute Gasteiger partial charge is 0.292 e. The first-order valence-corrected chi connectivity index (χ1v) is 5.79. The fourth-order valence-electron chi connectivity index (χ4n) is 1.72. The highest BCUT2D eigenvalue weighted by Crippen LogP contribution is 2.28. The molecule has 1 aromatic carbocycles. The summed E-state index contributed by atoms with van der Waals surface area (Å²) >= 11 is 0. The monoisotopic (exact) mass is 262 g/mol. The van der Waals surface area contributed by atoms with Crippen molar-refractivity contribution in [2.45, 2.75) is 6.42 Å². The van der Waals surface area contributed by atoms with Gasteiger partial charge in [-0.05, 0) is 18.2 Å². The van der Waals surface area contributed by atoms with Crippen molar-refractivity contribution in [3.63, 3.8) is 0 Å². The van der Waals surface area contributed by atoms with Gasteiger partial charge in [-0.15, -0.1) is 0 Å². The van der Waals surface area contributed by atoms with Crippen molar-refractivity contribution in [2.75, 3.05) is 19.0 Å². The molecule has 0 bridgehead atoms. The van der Waals surface area contributed by atoms with Gasteiger partial charge in [-0.25, -0.2) is 0 Å². The first kappa shape index (κ1) is 12.9. The van der Waals surface area contributed by atoms with Gasteiger partial charge >= 0.3 is 0 Å². The normalized spacial score (nSPS) is 10.2. The Morgan fingerprint density at radius 2 is 2.26 bits per heavy atom. The van der Waals surface area contributed by atoms with E-state index >= 15 is 0 Å². The van der Waals surface area contributed by atoms with Crippen molar-refractivity contribution in [1.29, 1.82) is 0 Å². The van der Waals surface area contributed by atoms with Crippen LogP contribution in [0.25, 0.3) is 0 Å². The van der Waals surface area contributed by atoms with E-state index in [1.165, 1.54) is 13.2 Å². The van der Waals surface area contributed by atoms with Gasteiger partial charge in [0.1, 0.15) is 17.2 Å². The summed E-state index contributed by atoms with van der Waals surface area (Å²) in [4.78, 5) is 10.5. The first-order valence-electron chi connectivity index (χ1n) is 5.79. The molecule has 2 rings (SSSR count). The molecule has 1 heterocycles. The number of anilines is 1. The second kappa shape index (κ2) is 5.90. The van der Waals surface area contributed by atoms with E-state index < -0.39 is 4.92 Å². The Morgan fingerprint density at radius 1 is 1.42 bits per heavy atom. The van der Waals surface area contributed by atoms with Crippen LogP contribution in [0.5, 0.6) is 5.75 Å². The third kappa shape index (κ3) is 3.25. The summed E-state index contributed by atoms with van der Waals surface area (Å²) in [6.45, 7) is 0.543. The van der Waals surface area contributed by atoms with Crippen LogP contribution in [0, 0.1) is 10.1 Å². The van der Waals surface area contributed by atoms with Gasteiger partial charge in [-0.1, -0.05) is 0 Å². The molecule has 6 nitrogen and oxygen atoms in total. The molecule has 0 aliphatic rings. The van der Waals surface area contributed by atoms with Crippen LogP contribution in [0.4, 0.5) is 11.4 Å². The Bertz CT molecular complexity index is 552. The van der Waals surface area contributed by atoms with E-state index in [-0.39, 0.29) is 5.69 Å². The summed E-state index contributed by atoms with van der Waals surface area (Å²) in [5, 5.41) is 13.9. The maximum Gasteiger partial charge on any atom is 0.292 e. The van der Waals surface area contributed by atoms with E-state index in [4.69, 9.17) is 9.15 Å². The van der Waals surface area contributed by atoms with Crippen molar-refractivity contribution in [2.24, 2.45) is 0 Å². The van der Waals surface area contributed by atoms with Crippen LogP contribution in [0.15, 0.2) is 41.0 Å². The van der Waals surface area contributed by atoms with E-state index in [1.807, 2.05) is 12.1 Å². The fourth-order valence-corrected chi connectivity index (χ4v) is 1.72. The summed E-state index contributed by atoms with van der Waals surface area (Å²) in [7, 11) is 1.52. The molecule has 0 saturated carbocycles. The van der Waals surface area contributed by atoms with Gasteiger partial charge in [0, 0.05) is 25.1 Å². The second-order valence-corrected chi connectivity index (χ2v) is 3.90. The van der Waals surface area contributed by atoms with Gasteiger partial charge < -0.3 is 14.5 Å². The number of methoxy groups -OCH3 is 1. The molecule has 1 aromatic heterocycles. The Kier molecular flexibility index (Phi) is 4.02. The lowest BCUT2D eigenvalue weighted by Gasteiger charge is -2.08. The van der Waals surface area contributed by atoms with Crippen LogP contribution in [0.3, 0.4) is 0 Å². The minimum absolute atomic E-state index is 0.0280. The van der Waals surface area contributed by atoms with Crippen molar-refractivity contribution in [3.8, 4) is 5.75 Å². The number of rotatable bonds is 6. The summed E-state index contributed by atoms with van der Waals surface area (Å²) in [6, 6.07) is 8.27. The highest BCUT2D eigenvalue weighted by Gasteiger charge is 2.14. The molecule has 0 fully saturated rings. The molecule has 2 aromatic rings. The zero-order valence-corrected chi connectivity index (χ0v) is 10.5. The minimum Gasteiger partial charge on any atom is -0.497 e. The third-order valence-electron chi connectivity index (χ3n) is 2.67. The van der Waals surface area contributed by atoms with Gasteiger partial charge in [0.2, 0.25) is 0 Å².